The first-order chi connectivity index (χ1) is 9.15. The van der Waals surface area contributed by atoms with Crippen molar-refractivity contribution in [2.24, 2.45) is 0 Å². The van der Waals surface area contributed by atoms with Crippen LogP contribution in [0.3, 0.4) is 0 Å². The third-order valence-corrected chi connectivity index (χ3v) is 3.35. The maximum atomic E-state index is 14.0. The Kier molecular flexibility index (Phi) is 4.50. The third kappa shape index (κ3) is 3.11. The van der Waals surface area contributed by atoms with Crippen LogP contribution in [0.5, 0.6) is 5.75 Å². The van der Waals surface area contributed by atoms with Crippen molar-refractivity contribution < 1.29 is 9.13 Å². The van der Waals surface area contributed by atoms with Crippen LogP contribution in [0, 0.1) is 5.82 Å². The van der Waals surface area contributed by atoms with Gasteiger partial charge in [-0.2, -0.15) is 0 Å². The van der Waals surface area contributed by atoms with Gasteiger partial charge < -0.3 is 10.1 Å². The van der Waals surface area contributed by atoms with Crippen LogP contribution in [0.15, 0.2) is 41.1 Å². The highest BCUT2D eigenvalue weighted by molar-refractivity contribution is 9.10. The molecule has 0 aliphatic heterocycles. The fourth-order valence-corrected chi connectivity index (χ4v) is 2.32. The number of hydrogen-bond acceptors (Lipinski definition) is 3. The Hall–Kier alpha value is -1.46. The van der Waals surface area contributed by atoms with Gasteiger partial charge >= 0.3 is 0 Å². The fraction of sp³-hybridized carbons (Fsp3) is 0.214. The van der Waals surface area contributed by atoms with Crippen molar-refractivity contribution in [1.29, 1.82) is 0 Å². The van der Waals surface area contributed by atoms with E-state index in [-0.39, 0.29) is 11.9 Å². The number of halogens is 2. The second-order valence-electron chi connectivity index (χ2n) is 4.05. The summed E-state index contributed by atoms with van der Waals surface area (Å²) in [6.45, 7) is 0. The van der Waals surface area contributed by atoms with E-state index in [1.54, 1.807) is 38.7 Å². The third-order valence-electron chi connectivity index (χ3n) is 2.86. The van der Waals surface area contributed by atoms with Crippen molar-refractivity contribution in [3.8, 4) is 5.75 Å². The summed E-state index contributed by atoms with van der Waals surface area (Å²) < 4.78 is 19.9. The molecule has 0 amide bonds. The quantitative estimate of drug-likeness (QED) is 0.937. The number of pyridine rings is 1. The summed E-state index contributed by atoms with van der Waals surface area (Å²) in [6.07, 6.45) is 3.32. The van der Waals surface area contributed by atoms with Crippen molar-refractivity contribution in [3.05, 3.63) is 58.1 Å². The van der Waals surface area contributed by atoms with Crippen LogP contribution in [-0.2, 0) is 0 Å². The molecule has 100 valence electrons. The molecule has 1 N–H and O–H groups in total. The first-order valence-corrected chi connectivity index (χ1v) is 6.56. The molecule has 1 unspecified atom stereocenters. The average Bonchev–Trinajstić information content (AvgIpc) is 2.44. The molecule has 0 spiro atoms. The number of rotatable bonds is 4. The maximum Gasteiger partial charge on any atom is 0.137 e. The molecule has 19 heavy (non-hydrogen) atoms. The Morgan fingerprint density at radius 1 is 1.32 bits per heavy atom. The highest BCUT2D eigenvalue weighted by Gasteiger charge is 2.17. The largest absolute Gasteiger partial charge is 0.495 e. The topological polar surface area (TPSA) is 34.2 Å². The van der Waals surface area contributed by atoms with E-state index in [4.69, 9.17) is 4.74 Å². The molecule has 0 aliphatic rings. The Morgan fingerprint density at radius 2 is 2.11 bits per heavy atom. The lowest BCUT2D eigenvalue weighted by atomic mass is 10.00. The lowest BCUT2D eigenvalue weighted by Gasteiger charge is -2.18. The first kappa shape index (κ1) is 14.0. The highest BCUT2D eigenvalue weighted by Crippen LogP contribution is 2.28. The van der Waals surface area contributed by atoms with Crippen LogP contribution in [0.25, 0.3) is 0 Å². The molecule has 0 radical (unpaired) electrons. The predicted molar refractivity (Wildman–Crippen MR) is 75.8 cm³/mol. The van der Waals surface area contributed by atoms with Crippen LogP contribution < -0.4 is 10.1 Å². The summed E-state index contributed by atoms with van der Waals surface area (Å²) in [5.74, 6) is 0.388. The maximum absolute atomic E-state index is 14.0. The van der Waals surface area contributed by atoms with Crippen molar-refractivity contribution in [2.75, 3.05) is 14.2 Å². The van der Waals surface area contributed by atoms with E-state index in [1.165, 1.54) is 6.07 Å². The second kappa shape index (κ2) is 6.12. The van der Waals surface area contributed by atoms with Crippen molar-refractivity contribution >= 4 is 15.9 Å². The summed E-state index contributed by atoms with van der Waals surface area (Å²) in [7, 11) is 3.36. The van der Waals surface area contributed by atoms with Gasteiger partial charge in [0, 0.05) is 16.2 Å². The van der Waals surface area contributed by atoms with Gasteiger partial charge in [0.1, 0.15) is 11.6 Å². The van der Waals surface area contributed by atoms with Gasteiger partial charge in [-0.15, -0.1) is 0 Å². The molecule has 0 fully saturated rings. The van der Waals surface area contributed by atoms with Crippen LogP contribution >= 0.6 is 15.9 Å². The zero-order valence-electron chi connectivity index (χ0n) is 10.7. The first-order valence-electron chi connectivity index (χ1n) is 5.77. The molecule has 1 heterocycles. The molecule has 1 aromatic carbocycles. The molecule has 2 aromatic rings. The molecule has 3 nitrogen and oxygen atoms in total. The highest BCUT2D eigenvalue weighted by atomic mass is 79.9. The molecule has 0 saturated heterocycles. The number of nitrogens with one attached hydrogen (secondary N) is 1. The zero-order chi connectivity index (χ0) is 13.8. The minimum atomic E-state index is -0.278. The Morgan fingerprint density at radius 3 is 2.79 bits per heavy atom. The number of hydrogen-bond donors (Lipinski definition) is 1. The average molecular weight is 325 g/mol. The monoisotopic (exact) mass is 324 g/mol. The van der Waals surface area contributed by atoms with E-state index >= 15 is 0 Å². The van der Waals surface area contributed by atoms with Crippen molar-refractivity contribution in [2.45, 2.75) is 6.04 Å². The van der Waals surface area contributed by atoms with E-state index < -0.39 is 0 Å². The summed E-state index contributed by atoms with van der Waals surface area (Å²) >= 11 is 3.36. The van der Waals surface area contributed by atoms with E-state index in [0.717, 1.165) is 10.0 Å². The number of benzene rings is 1. The Balaban J connectivity index is 2.46. The van der Waals surface area contributed by atoms with E-state index in [1.807, 2.05) is 6.07 Å². The van der Waals surface area contributed by atoms with Crippen LogP contribution in [-0.4, -0.2) is 19.1 Å². The van der Waals surface area contributed by atoms with Crippen molar-refractivity contribution in [3.63, 3.8) is 0 Å². The molecule has 2 rings (SSSR count). The lowest BCUT2D eigenvalue weighted by molar-refractivity contribution is 0.411. The molecule has 0 bridgehead atoms. The van der Waals surface area contributed by atoms with Gasteiger partial charge in [0.15, 0.2) is 0 Å². The number of nitrogens with zero attached hydrogens (tertiary/aromatic N) is 1. The molecule has 0 saturated carbocycles. The SMILES string of the molecule is CNC(c1cncc(OC)c1)c1cc(Br)ccc1F. The molecular formula is C14H14BrFN2O. The molecule has 5 heteroatoms. The Bertz CT molecular complexity index is 577. The molecular weight excluding hydrogens is 311 g/mol. The number of ether oxygens (including phenoxy) is 1. The van der Waals surface area contributed by atoms with Gasteiger partial charge in [0.05, 0.1) is 19.3 Å². The van der Waals surface area contributed by atoms with Gasteiger partial charge in [-0.25, -0.2) is 4.39 Å². The summed E-state index contributed by atoms with van der Waals surface area (Å²) in [4.78, 5) is 4.10. The summed E-state index contributed by atoms with van der Waals surface area (Å²) in [6, 6.07) is 6.44. The smallest absolute Gasteiger partial charge is 0.137 e. The summed E-state index contributed by atoms with van der Waals surface area (Å²) in [5, 5.41) is 3.10. The second-order valence-corrected chi connectivity index (χ2v) is 4.96. The van der Waals surface area contributed by atoms with Gasteiger partial charge in [-0.1, -0.05) is 15.9 Å². The lowest BCUT2D eigenvalue weighted by Crippen LogP contribution is -2.19. The minimum absolute atomic E-state index is 0.259. The number of methoxy groups -OCH3 is 1. The predicted octanol–water partition coefficient (Wildman–Crippen LogP) is 3.30. The van der Waals surface area contributed by atoms with Gasteiger partial charge in [-0.3, -0.25) is 4.98 Å². The van der Waals surface area contributed by atoms with Gasteiger partial charge in [0.25, 0.3) is 0 Å². The van der Waals surface area contributed by atoms with Gasteiger partial charge in [0.2, 0.25) is 0 Å². The zero-order valence-corrected chi connectivity index (χ0v) is 12.2. The van der Waals surface area contributed by atoms with E-state index in [2.05, 4.69) is 26.2 Å². The van der Waals surface area contributed by atoms with Crippen molar-refractivity contribution in [1.82, 2.24) is 10.3 Å². The van der Waals surface area contributed by atoms with Crippen LogP contribution in [0.2, 0.25) is 0 Å². The normalized spacial score (nSPS) is 12.2. The van der Waals surface area contributed by atoms with E-state index in [0.29, 0.717) is 11.3 Å². The molecule has 0 aliphatic carbocycles. The van der Waals surface area contributed by atoms with Crippen LogP contribution in [0.4, 0.5) is 4.39 Å². The van der Waals surface area contributed by atoms with E-state index in [9.17, 15) is 4.39 Å². The van der Waals surface area contributed by atoms with Gasteiger partial charge in [-0.05, 0) is 36.9 Å². The van der Waals surface area contributed by atoms with Crippen LogP contribution in [0.1, 0.15) is 17.2 Å². The molecule has 1 aromatic heterocycles. The summed E-state index contributed by atoms with van der Waals surface area (Å²) in [5.41, 5.74) is 1.41. The minimum Gasteiger partial charge on any atom is -0.495 e. The standard InChI is InChI=1S/C14H14BrFN2O/c1-17-14(9-5-11(19-2)8-18-7-9)12-6-10(15)3-4-13(12)16/h3-8,14,17H,1-2H3. The Labute approximate surface area is 119 Å². The number of aromatic nitrogens is 1. The fourth-order valence-electron chi connectivity index (χ4n) is 1.94. The molecule has 1 atom stereocenters.